The molecule has 3 rings (SSSR count). The Morgan fingerprint density at radius 2 is 1.85 bits per heavy atom. The standard InChI is InChI=1S/C16H19NO3/c1-2-12-9-14-15(20-8-7-19-14)10-13(12)16(17-11-18)5-3-4-6-16/h9-10H,2-8H2,1H3. The van der Waals surface area contributed by atoms with Crippen molar-refractivity contribution in [2.45, 2.75) is 44.6 Å². The highest BCUT2D eigenvalue weighted by atomic mass is 16.6. The molecule has 0 radical (unpaired) electrons. The number of hydrogen-bond acceptors (Lipinski definition) is 4. The summed E-state index contributed by atoms with van der Waals surface area (Å²) in [5, 5.41) is 0. The summed E-state index contributed by atoms with van der Waals surface area (Å²) >= 11 is 0. The van der Waals surface area contributed by atoms with E-state index in [-0.39, 0.29) is 0 Å². The molecule has 1 fully saturated rings. The van der Waals surface area contributed by atoms with Crippen LogP contribution >= 0.6 is 0 Å². The Morgan fingerprint density at radius 3 is 2.45 bits per heavy atom. The molecule has 0 bridgehead atoms. The lowest BCUT2D eigenvalue weighted by atomic mass is 9.84. The minimum atomic E-state index is -0.400. The zero-order chi connectivity index (χ0) is 14.0. The van der Waals surface area contributed by atoms with Crippen LogP contribution in [-0.2, 0) is 16.8 Å². The third kappa shape index (κ3) is 2.10. The maximum absolute atomic E-state index is 10.9. The van der Waals surface area contributed by atoms with Crippen molar-refractivity contribution in [3.63, 3.8) is 0 Å². The zero-order valence-electron chi connectivity index (χ0n) is 11.8. The molecule has 0 amide bonds. The third-order valence-corrected chi connectivity index (χ3v) is 4.34. The molecule has 20 heavy (non-hydrogen) atoms. The van der Waals surface area contributed by atoms with E-state index in [2.05, 4.69) is 11.9 Å². The van der Waals surface area contributed by atoms with E-state index in [0.717, 1.165) is 49.2 Å². The summed E-state index contributed by atoms with van der Waals surface area (Å²) in [6, 6.07) is 4.07. The Bertz CT molecular complexity index is 555. The largest absolute Gasteiger partial charge is 0.486 e. The first kappa shape index (κ1) is 13.2. The van der Waals surface area contributed by atoms with Gasteiger partial charge < -0.3 is 9.47 Å². The molecule has 4 nitrogen and oxygen atoms in total. The van der Waals surface area contributed by atoms with Gasteiger partial charge in [0.2, 0.25) is 6.08 Å². The number of aliphatic imine (C=N–C) groups is 1. The first-order valence-electron chi connectivity index (χ1n) is 7.31. The highest BCUT2D eigenvalue weighted by molar-refractivity contribution is 5.52. The summed E-state index contributed by atoms with van der Waals surface area (Å²) in [5.74, 6) is 1.58. The molecule has 1 aliphatic carbocycles. The van der Waals surface area contributed by atoms with Gasteiger partial charge in [-0.15, -0.1) is 0 Å². The van der Waals surface area contributed by atoms with Crippen LogP contribution in [0.4, 0.5) is 0 Å². The second-order valence-electron chi connectivity index (χ2n) is 5.45. The quantitative estimate of drug-likeness (QED) is 0.628. The highest BCUT2D eigenvalue weighted by Crippen LogP contribution is 2.46. The lowest BCUT2D eigenvalue weighted by Crippen LogP contribution is -2.23. The van der Waals surface area contributed by atoms with Gasteiger partial charge in [0.05, 0.1) is 5.54 Å². The Balaban J connectivity index is 2.13. The lowest BCUT2D eigenvalue weighted by molar-refractivity contribution is 0.171. The Kier molecular flexibility index (Phi) is 3.49. The summed E-state index contributed by atoms with van der Waals surface area (Å²) in [7, 11) is 0. The van der Waals surface area contributed by atoms with Crippen molar-refractivity contribution in [2.24, 2.45) is 4.99 Å². The molecule has 1 aliphatic heterocycles. The molecular formula is C16H19NO3. The number of hydrogen-bond donors (Lipinski definition) is 0. The van der Waals surface area contributed by atoms with Crippen LogP contribution in [0.2, 0.25) is 0 Å². The second-order valence-corrected chi connectivity index (χ2v) is 5.45. The number of rotatable bonds is 3. The third-order valence-electron chi connectivity index (χ3n) is 4.34. The van der Waals surface area contributed by atoms with Crippen LogP contribution in [0, 0.1) is 0 Å². The molecule has 0 saturated heterocycles. The molecule has 0 unspecified atom stereocenters. The summed E-state index contributed by atoms with van der Waals surface area (Å²) in [5.41, 5.74) is 1.91. The first-order valence-corrected chi connectivity index (χ1v) is 7.31. The van der Waals surface area contributed by atoms with Gasteiger partial charge >= 0.3 is 0 Å². The van der Waals surface area contributed by atoms with E-state index in [1.165, 1.54) is 5.56 Å². The van der Waals surface area contributed by atoms with E-state index in [1.807, 2.05) is 12.1 Å². The molecule has 106 valence electrons. The minimum absolute atomic E-state index is 0.400. The normalized spacial score (nSPS) is 19.4. The fraction of sp³-hybridized carbons (Fsp3) is 0.562. The van der Waals surface area contributed by atoms with Gasteiger partial charge in [-0.2, -0.15) is 4.99 Å². The number of isocyanates is 1. The van der Waals surface area contributed by atoms with Crippen molar-refractivity contribution in [3.8, 4) is 11.5 Å². The molecule has 1 aromatic carbocycles. The SMILES string of the molecule is CCc1cc2c(cc1C1(N=C=O)CCCC1)OCCO2. The van der Waals surface area contributed by atoms with Crippen LogP contribution in [0.15, 0.2) is 17.1 Å². The molecule has 1 heterocycles. The fourth-order valence-corrected chi connectivity index (χ4v) is 3.35. The smallest absolute Gasteiger partial charge is 0.235 e. The van der Waals surface area contributed by atoms with Crippen LogP contribution in [-0.4, -0.2) is 19.3 Å². The molecule has 1 saturated carbocycles. The van der Waals surface area contributed by atoms with Crippen molar-refractivity contribution in [1.82, 2.24) is 0 Å². The maximum atomic E-state index is 10.9. The summed E-state index contributed by atoms with van der Waals surface area (Å²) in [6.45, 7) is 3.27. The number of aryl methyl sites for hydroxylation is 1. The molecule has 4 heteroatoms. The monoisotopic (exact) mass is 273 g/mol. The lowest BCUT2D eigenvalue weighted by Gasteiger charge is -2.28. The Hall–Kier alpha value is -1.80. The van der Waals surface area contributed by atoms with Gasteiger partial charge in [0.15, 0.2) is 11.5 Å². The van der Waals surface area contributed by atoms with E-state index in [4.69, 9.17) is 9.47 Å². The molecule has 2 aliphatic rings. The van der Waals surface area contributed by atoms with E-state index in [9.17, 15) is 4.79 Å². The van der Waals surface area contributed by atoms with Gasteiger partial charge in [-0.3, -0.25) is 0 Å². The number of carbonyl (C=O) groups excluding carboxylic acids is 1. The number of ether oxygens (including phenoxy) is 2. The summed E-state index contributed by atoms with van der Waals surface area (Å²) in [6.07, 6.45) is 6.70. The Labute approximate surface area is 118 Å². The average Bonchev–Trinajstić information content (AvgIpc) is 2.96. The predicted molar refractivity (Wildman–Crippen MR) is 75.1 cm³/mol. The zero-order valence-corrected chi connectivity index (χ0v) is 11.8. The van der Waals surface area contributed by atoms with E-state index in [1.54, 1.807) is 6.08 Å². The molecule has 0 atom stereocenters. The number of benzene rings is 1. The average molecular weight is 273 g/mol. The number of fused-ring (bicyclic) bond motifs is 1. The molecule has 0 N–H and O–H groups in total. The maximum Gasteiger partial charge on any atom is 0.235 e. The van der Waals surface area contributed by atoms with Gasteiger partial charge in [0.1, 0.15) is 13.2 Å². The minimum Gasteiger partial charge on any atom is -0.486 e. The second kappa shape index (κ2) is 5.29. The van der Waals surface area contributed by atoms with Gasteiger partial charge in [0, 0.05) is 0 Å². The van der Waals surface area contributed by atoms with Crippen molar-refractivity contribution in [3.05, 3.63) is 23.3 Å². The molecule has 1 aromatic rings. The van der Waals surface area contributed by atoms with Gasteiger partial charge in [-0.1, -0.05) is 19.8 Å². The van der Waals surface area contributed by atoms with Crippen LogP contribution in [0.3, 0.4) is 0 Å². The number of nitrogens with zero attached hydrogens (tertiary/aromatic N) is 1. The first-order chi connectivity index (χ1) is 9.79. The summed E-state index contributed by atoms with van der Waals surface area (Å²) < 4.78 is 11.3. The Morgan fingerprint density at radius 1 is 1.20 bits per heavy atom. The topological polar surface area (TPSA) is 47.9 Å². The van der Waals surface area contributed by atoms with E-state index < -0.39 is 5.54 Å². The van der Waals surface area contributed by atoms with E-state index >= 15 is 0 Å². The molecule has 0 aromatic heterocycles. The van der Waals surface area contributed by atoms with Crippen LogP contribution in [0.25, 0.3) is 0 Å². The van der Waals surface area contributed by atoms with Crippen molar-refractivity contribution >= 4 is 6.08 Å². The van der Waals surface area contributed by atoms with Crippen LogP contribution in [0.1, 0.15) is 43.7 Å². The fourth-order valence-electron chi connectivity index (χ4n) is 3.35. The van der Waals surface area contributed by atoms with Gasteiger partial charge in [0.25, 0.3) is 0 Å². The predicted octanol–water partition coefficient (Wildman–Crippen LogP) is 3.13. The van der Waals surface area contributed by atoms with Crippen molar-refractivity contribution in [2.75, 3.05) is 13.2 Å². The highest BCUT2D eigenvalue weighted by Gasteiger charge is 2.38. The van der Waals surface area contributed by atoms with E-state index in [0.29, 0.717) is 13.2 Å². The van der Waals surface area contributed by atoms with Gasteiger partial charge in [-0.05, 0) is 42.5 Å². The molecular weight excluding hydrogens is 254 g/mol. The van der Waals surface area contributed by atoms with Crippen LogP contribution < -0.4 is 9.47 Å². The van der Waals surface area contributed by atoms with Crippen LogP contribution in [0.5, 0.6) is 11.5 Å². The summed E-state index contributed by atoms with van der Waals surface area (Å²) in [4.78, 5) is 15.1. The molecule has 0 spiro atoms. The van der Waals surface area contributed by atoms with Crippen molar-refractivity contribution < 1.29 is 14.3 Å². The van der Waals surface area contributed by atoms with Gasteiger partial charge in [-0.25, -0.2) is 4.79 Å². The van der Waals surface area contributed by atoms with Crippen molar-refractivity contribution in [1.29, 1.82) is 0 Å².